The first-order valence-corrected chi connectivity index (χ1v) is 10.7. The summed E-state index contributed by atoms with van der Waals surface area (Å²) in [5, 5.41) is 19.1. The number of carbonyl (C=O) groups excluding carboxylic acids is 1. The van der Waals surface area contributed by atoms with Gasteiger partial charge in [-0.3, -0.25) is 9.79 Å². The van der Waals surface area contributed by atoms with Crippen LogP contribution in [0.3, 0.4) is 0 Å². The number of amides is 1. The summed E-state index contributed by atoms with van der Waals surface area (Å²) in [5.74, 6) is 1.01. The Morgan fingerprint density at radius 3 is 2.83 bits per heavy atom. The molecule has 4 N–H and O–H groups in total. The third-order valence-corrected chi connectivity index (χ3v) is 6.06. The molecule has 7 heteroatoms. The van der Waals surface area contributed by atoms with Crippen molar-refractivity contribution in [1.29, 1.82) is 0 Å². The largest absolute Gasteiger partial charge is 0.396 e. The highest BCUT2D eigenvalue weighted by Gasteiger charge is 2.34. The Hall–Kier alpha value is -2.12. The molecule has 29 heavy (non-hydrogen) atoms. The van der Waals surface area contributed by atoms with E-state index in [9.17, 15) is 9.90 Å². The fourth-order valence-electron chi connectivity index (χ4n) is 4.18. The summed E-state index contributed by atoms with van der Waals surface area (Å²) < 4.78 is 5.54. The fraction of sp³-hybridized carbons (Fsp3) is 0.636. The minimum atomic E-state index is -0.0309. The Bertz CT molecular complexity index is 695. The SMILES string of the molecule is CN=C(NCc1cccc(NC(=O)C2CCCC2)c1)NCC1(CCO)CCOC1. The lowest BCUT2D eigenvalue weighted by atomic mass is 9.84. The maximum absolute atomic E-state index is 12.3. The van der Waals surface area contributed by atoms with Gasteiger partial charge in [-0.1, -0.05) is 25.0 Å². The number of nitrogens with zero attached hydrogens (tertiary/aromatic N) is 1. The Labute approximate surface area is 173 Å². The molecular formula is C22H34N4O3. The van der Waals surface area contributed by atoms with Gasteiger partial charge in [-0.05, 0) is 43.4 Å². The van der Waals surface area contributed by atoms with E-state index >= 15 is 0 Å². The minimum absolute atomic E-state index is 0.0309. The second-order valence-corrected chi connectivity index (χ2v) is 8.23. The predicted molar refractivity (Wildman–Crippen MR) is 115 cm³/mol. The number of aliphatic hydroxyl groups excluding tert-OH is 1. The topological polar surface area (TPSA) is 95.0 Å². The molecule has 1 aromatic carbocycles. The monoisotopic (exact) mass is 402 g/mol. The number of guanidine groups is 1. The van der Waals surface area contributed by atoms with Crippen LogP contribution in [0.5, 0.6) is 0 Å². The standard InChI is InChI=1S/C22H34N4O3/c1-23-21(25-15-22(9-11-27)10-12-29-16-22)24-14-17-5-4-8-19(13-17)26-20(28)18-6-2-3-7-18/h4-5,8,13,18,27H,2-3,6-7,9-12,14-16H2,1H3,(H,26,28)(H2,23,24,25). The smallest absolute Gasteiger partial charge is 0.227 e. The lowest BCUT2D eigenvalue weighted by Gasteiger charge is -2.27. The van der Waals surface area contributed by atoms with Gasteiger partial charge in [0.05, 0.1) is 6.61 Å². The molecule has 1 saturated heterocycles. The molecule has 7 nitrogen and oxygen atoms in total. The molecule has 1 atom stereocenters. The van der Waals surface area contributed by atoms with E-state index in [0.717, 1.165) is 62.3 Å². The first-order valence-electron chi connectivity index (χ1n) is 10.7. The van der Waals surface area contributed by atoms with Gasteiger partial charge in [0.1, 0.15) is 0 Å². The molecule has 1 aromatic rings. The molecule has 2 fully saturated rings. The summed E-state index contributed by atoms with van der Waals surface area (Å²) in [6, 6.07) is 7.93. The first-order chi connectivity index (χ1) is 14.1. The molecule has 0 bridgehead atoms. The highest BCUT2D eigenvalue weighted by Crippen LogP contribution is 2.31. The van der Waals surface area contributed by atoms with Crippen molar-refractivity contribution in [3.05, 3.63) is 29.8 Å². The van der Waals surface area contributed by atoms with Crippen molar-refractivity contribution < 1.29 is 14.6 Å². The minimum Gasteiger partial charge on any atom is -0.396 e. The van der Waals surface area contributed by atoms with Gasteiger partial charge in [-0.25, -0.2) is 0 Å². The third-order valence-electron chi connectivity index (χ3n) is 6.06. The van der Waals surface area contributed by atoms with Gasteiger partial charge < -0.3 is 25.8 Å². The molecule has 0 aromatic heterocycles. The lowest BCUT2D eigenvalue weighted by Crippen LogP contribution is -2.44. The molecule has 1 aliphatic carbocycles. The van der Waals surface area contributed by atoms with E-state index in [0.29, 0.717) is 19.7 Å². The molecule has 1 saturated carbocycles. The van der Waals surface area contributed by atoms with Crippen LogP contribution in [-0.2, 0) is 16.1 Å². The van der Waals surface area contributed by atoms with Crippen LogP contribution in [-0.4, -0.2) is 50.4 Å². The van der Waals surface area contributed by atoms with Crippen molar-refractivity contribution in [2.24, 2.45) is 16.3 Å². The average Bonchev–Trinajstić information content (AvgIpc) is 3.41. The number of aliphatic imine (C=N–C) groups is 1. The van der Waals surface area contributed by atoms with Crippen LogP contribution in [0, 0.1) is 11.3 Å². The average molecular weight is 403 g/mol. The predicted octanol–water partition coefficient (Wildman–Crippen LogP) is 2.27. The molecule has 2 aliphatic rings. The number of anilines is 1. The fourth-order valence-corrected chi connectivity index (χ4v) is 4.18. The Morgan fingerprint density at radius 2 is 2.14 bits per heavy atom. The van der Waals surface area contributed by atoms with Crippen LogP contribution >= 0.6 is 0 Å². The second kappa shape index (κ2) is 10.6. The van der Waals surface area contributed by atoms with Gasteiger partial charge in [0, 0.05) is 50.4 Å². The van der Waals surface area contributed by atoms with Crippen molar-refractivity contribution in [3.63, 3.8) is 0 Å². The summed E-state index contributed by atoms with van der Waals surface area (Å²) in [4.78, 5) is 16.6. The normalized spacial score (nSPS) is 22.6. The van der Waals surface area contributed by atoms with Gasteiger partial charge in [0.2, 0.25) is 5.91 Å². The van der Waals surface area contributed by atoms with Gasteiger partial charge in [0.15, 0.2) is 5.96 Å². The number of carbonyl (C=O) groups is 1. The highest BCUT2D eigenvalue weighted by molar-refractivity contribution is 5.92. The Morgan fingerprint density at radius 1 is 1.31 bits per heavy atom. The maximum Gasteiger partial charge on any atom is 0.227 e. The van der Waals surface area contributed by atoms with E-state index < -0.39 is 0 Å². The molecule has 1 aliphatic heterocycles. The Kier molecular flexibility index (Phi) is 7.89. The number of nitrogens with one attached hydrogen (secondary N) is 3. The summed E-state index contributed by atoms with van der Waals surface area (Å²) >= 11 is 0. The first kappa shape index (κ1) is 21.6. The van der Waals surface area contributed by atoms with Crippen LogP contribution in [0.25, 0.3) is 0 Å². The van der Waals surface area contributed by atoms with E-state index in [1.165, 1.54) is 0 Å². The van der Waals surface area contributed by atoms with Crippen LogP contribution in [0.4, 0.5) is 5.69 Å². The van der Waals surface area contributed by atoms with Crippen LogP contribution < -0.4 is 16.0 Å². The van der Waals surface area contributed by atoms with E-state index in [2.05, 4.69) is 20.9 Å². The van der Waals surface area contributed by atoms with Gasteiger partial charge in [-0.15, -0.1) is 0 Å². The zero-order valence-corrected chi connectivity index (χ0v) is 17.4. The zero-order valence-electron chi connectivity index (χ0n) is 17.4. The second-order valence-electron chi connectivity index (χ2n) is 8.23. The quantitative estimate of drug-likeness (QED) is 0.395. The summed E-state index contributed by atoms with van der Waals surface area (Å²) in [5.41, 5.74) is 1.89. The summed E-state index contributed by atoms with van der Waals surface area (Å²) in [7, 11) is 1.75. The zero-order chi connectivity index (χ0) is 20.5. The van der Waals surface area contributed by atoms with Crippen molar-refractivity contribution in [3.8, 4) is 0 Å². The molecule has 1 amide bonds. The van der Waals surface area contributed by atoms with Gasteiger partial charge in [0.25, 0.3) is 0 Å². The highest BCUT2D eigenvalue weighted by atomic mass is 16.5. The Balaban J connectivity index is 1.49. The molecule has 1 unspecified atom stereocenters. The van der Waals surface area contributed by atoms with E-state index in [4.69, 9.17) is 4.74 Å². The maximum atomic E-state index is 12.3. The molecule has 0 spiro atoms. The molecule has 1 heterocycles. The van der Waals surface area contributed by atoms with E-state index in [-0.39, 0.29) is 23.8 Å². The van der Waals surface area contributed by atoms with Crippen LogP contribution in [0.1, 0.15) is 44.1 Å². The van der Waals surface area contributed by atoms with E-state index in [1.807, 2.05) is 24.3 Å². The molecule has 160 valence electrons. The number of benzene rings is 1. The van der Waals surface area contributed by atoms with Crippen molar-refractivity contribution in [1.82, 2.24) is 10.6 Å². The van der Waals surface area contributed by atoms with Crippen molar-refractivity contribution in [2.75, 3.05) is 38.7 Å². The summed E-state index contributed by atoms with van der Waals surface area (Å²) in [6.07, 6.45) is 5.97. The van der Waals surface area contributed by atoms with Crippen LogP contribution in [0.2, 0.25) is 0 Å². The number of hydrogen-bond acceptors (Lipinski definition) is 4. The molecule has 3 rings (SSSR count). The van der Waals surface area contributed by atoms with Crippen molar-refractivity contribution in [2.45, 2.75) is 45.1 Å². The molecule has 0 radical (unpaired) electrons. The van der Waals surface area contributed by atoms with Gasteiger partial charge in [-0.2, -0.15) is 0 Å². The number of aliphatic hydroxyl groups is 1. The van der Waals surface area contributed by atoms with Crippen molar-refractivity contribution >= 4 is 17.6 Å². The lowest BCUT2D eigenvalue weighted by molar-refractivity contribution is -0.119. The summed E-state index contributed by atoms with van der Waals surface area (Å²) in [6.45, 7) is 2.89. The van der Waals surface area contributed by atoms with Crippen LogP contribution in [0.15, 0.2) is 29.3 Å². The number of rotatable bonds is 8. The van der Waals surface area contributed by atoms with Gasteiger partial charge >= 0.3 is 0 Å². The number of hydrogen-bond donors (Lipinski definition) is 4. The third kappa shape index (κ3) is 6.18. The molecular weight excluding hydrogens is 368 g/mol. The van der Waals surface area contributed by atoms with E-state index in [1.54, 1.807) is 7.05 Å². The number of ether oxygens (including phenoxy) is 1.